The highest BCUT2D eigenvalue weighted by atomic mass is 16.5. The first-order valence-electron chi connectivity index (χ1n) is 7.58. The van der Waals surface area contributed by atoms with Gasteiger partial charge in [-0.2, -0.15) is 0 Å². The second kappa shape index (κ2) is 6.64. The minimum absolute atomic E-state index is 0.0384. The zero-order valence-corrected chi connectivity index (χ0v) is 12.8. The third kappa shape index (κ3) is 3.41. The molecule has 6 heteroatoms. The fraction of sp³-hybridized carbons (Fsp3) is 0.353. The van der Waals surface area contributed by atoms with Crippen LogP contribution in [0.3, 0.4) is 0 Å². The Kier molecular flexibility index (Phi) is 4.41. The minimum atomic E-state index is -0.286. The average Bonchev–Trinajstić information content (AvgIpc) is 3.24. The SMILES string of the molecule is COC(=O)C1CCC(NC(=O)c2cc(-c3ccccc3)on2)C1. The van der Waals surface area contributed by atoms with Crippen molar-refractivity contribution in [2.45, 2.75) is 25.3 Å². The molecule has 0 saturated heterocycles. The summed E-state index contributed by atoms with van der Waals surface area (Å²) in [5.41, 5.74) is 1.11. The quantitative estimate of drug-likeness (QED) is 0.876. The number of methoxy groups -OCH3 is 1. The standard InChI is InChI=1S/C17H18N2O4/c1-22-17(21)12-7-8-13(9-12)18-16(20)14-10-15(23-19-14)11-5-3-2-4-6-11/h2-6,10,12-13H,7-9H2,1H3,(H,18,20). The van der Waals surface area contributed by atoms with Crippen LogP contribution in [0.4, 0.5) is 0 Å². The van der Waals surface area contributed by atoms with E-state index in [0.717, 1.165) is 18.4 Å². The van der Waals surface area contributed by atoms with Crippen molar-refractivity contribution in [2.24, 2.45) is 5.92 Å². The molecule has 0 bridgehead atoms. The van der Waals surface area contributed by atoms with Crippen molar-refractivity contribution in [2.75, 3.05) is 7.11 Å². The van der Waals surface area contributed by atoms with E-state index in [0.29, 0.717) is 12.2 Å². The lowest BCUT2D eigenvalue weighted by Gasteiger charge is -2.11. The summed E-state index contributed by atoms with van der Waals surface area (Å²) in [4.78, 5) is 23.8. The number of amides is 1. The summed E-state index contributed by atoms with van der Waals surface area (Å²) in [6.45, 7) is 0. The van der Waals surface area contributed by atoms with Crippen LogP contribution in [0.25, 0.3) is 11.3 Å². The number of ether oxygens (including phenoxy) is 1. The topological polar surface area (TPSA) is 81.4 Å². The molecule has 3 rings (SSSR count). The number of nitrogens with one attached hydrogen (secondary N) is 1. The average molecular weight is 314 g/mol. The van der Waals surface area contributed by atoms with Crippen LogP contribution in [-0.4, -0.2) is 30.2 Å². The van der Waals surface area contributed by atoms with E-state index in [1.807, 2.05) is 30.3 Å². The molecule has 1 saturated carbocycles. The Hall–Kier alpha value is -2.63. The van der Waals surface area contributed by atoms with Gasteiger partial charge in [-0.1, -0.05) is 35.5 Å². The highest BCUT2D eigenvalue weighted by molar-refractivity contribution is 5.93. The molecule has 0 spiro atoms. The van der Waals surface area contributed by atoms with Gasteiger partial charge >= 0.3 is 5.97 Å². The molecule has 120 valence electrons. The molecule has 6 nitrogen and oxygen atoms in total. The largest absolute Gasteiger partial charge is 0.469 e. The molecule has 1 aromatic heterocycles. The Bertz CT molecular complexity index is 696. The van der Waals surface area contributed by atoms with Crippen LogP contribution in [0, 0.1) is 5.92 Å². The highest BCUT2D eigenvalue weighted by Crippen LogP contribution is 2.27. The van der Waals surface area contributed by atoms with E-state index in [-0.39, 0.29) is 29.5 Å². The highest BCUT2D eigenvalue weighted by Gasteiger charge is 2.32. The maximum atomic E-state index is 12.2. The van der Waals surface area contributed by atoms with E-state index in [4.69, 9.17) is 9.26 Å². The first kappa shape index (κ1) is 15.3. The van der Waals surface area contributed by atoms with Crippen LogP contribution < -0.4 is 5.32 Å². The van der Waals surface area contributed by atoms with Crippen LogP contribution >= 0.6 is 0 Å². The molecule has 1 N–H and O–H groups in total. The van der Waals surface area contributed by atoms with Crippen LogP contribution in [0.1, 0.15) is 29.8 Å². The summed E-state index contributed by atoms with van der Waals surface area (Å²) in [6.07, 6.45) is 2.09. The fourth-order valence-electron chi connectivity index (χ4n) is 2.87. The second-order valence-electron chi connectivity index (χ2n) is 5.65. The molecule has 1 aromatic carbocycles. The van der Waals surface area contributed by atoms with Gasteiger partial charge in [-0.15, -0.1) is 0 Å². The molecule has 0 radical (unpaired) electrons. The van der Waals surface area contributed by atoms with E-state index in [1.54, 1.807) is 6.07 Å². The Morgan fingerprint density at radius 2 is 2.04 bits per heavy atom. The molecule has 1 aliphatic carbocycles. The summed E-state index contributed by atoms with van der Waals surface area (Å²) < 4.78 is 9.97. The number of hydrogen-bond acceptors (Lipinski definition) is 5. The van der Waals surface area contributed by atoms with E-state index in [9.17, 15) is 9.59 Å². The van der Waals surface area contributed by atoms with Crippen molar-refractivity contribution < 1.29 is 18.8 Å². The van der Waals surface area contributed by atoms with Crippen molar-refractivity contribution in [1.82, 2.24) is 10.5 Å². The molecular formula is C17H18N2O4. The van der Waals surface area contributed by atoms with Crippen LogP contribution in [0.2, 0.25) is 0 Å². The van der Waals surface area contributed by atoms with Gasteiger partial charge in [0.15, 0.2) is 11.5 Å². The molecule has 1 aliphatic rings. The van der Waals surface area contributed by atoms with Crippen LogP contribution in [-0.2, 0) is 9.53 Å². The normalized spacial score (nSPS) is 20.2. The zero-order valence-electron chi connectivity index (χ0n) is 12.8. The number of carbonyl (C=O) groups excluding carboxylic acids is 2. The van der Waals surface area contributed by atoms with Gasteiger partial charge in [0.2, 0.25) is 0 Å². The summed E-state index contributed by atoms with van der Waals surface area (Å²) in [6, 6.07) is 11.1. The maximum Gasteiger partial charge on any atom is 0.308 e. The van der Waals surface area contributed by atoms with Crippen molar-refractivity contribution in [1.29, 1.82) is 0 Å². The summed E-state index contributed by atoms with van der Waals surface area (Å²) >= 11 is 0. The van der Waals surface area contributed by atoms with Crippen molar-refractivity contribution in [3.8, 4) is 11.3 Å². The Balaban J connectivity index is 1.61. The van der Waals surface area contributed by atoms with Gasteiger partial charge in [0.05, 0.1) is 13.0 Å². The summed E-state index contributed by atoms with van der Waals surface area (Å²) in [7, 11) is 1.38. The molecule has 2 atom stereocenters. The number of esters is 1. The number of aromatic nitrogens is 1. The lowest BCUT2D eigenvalue weighted by molar-refractivity contribution is -0.145. The van der Waals surface area contributed by atoms with Crippen LogP contribution in [0.5, 0.6) is 0 Å². The number of benzene rings is 1. The first-order valence-corrected chi connectivity index (χ1v) is 7.58. The zero-order chi connectivity index (χ0) is 16.2. The Labute approximate surface area is 133 Å². The molecule has 23 heavy (non-hydrogen) atoms. The van der Waals surface area contributed by atoms with Crippen molar-refractivity contribution in [3.05, 3.63) is 42.1 Å². The van der Waals surface area contributed by atoms with Gasteiger partial charge in [-0.3, -0.25) is 9.59 Å². The van der Waals surface area contributed by atoms with E-state index in [1.165, 1.54) is 7.11 Å². The van der Waals surface area contributed by atoms with E-state index < -0.39 is 0 Å². The second-order valence-corrected chi connectivity index (χ2v) is 5.65. The molecule has 0 aliphatic heterocycles. The smallest absolute Gasteiger partial charge is 0.308 e. The van der Waals surface area contributed by atoms with Gasteiger partial charge in [-0.25, -0.2) is 0 Å². The molecule has 1 heterocycles. The third-order valence-electron chi connectivity index (χ3n) is 4.10. The van der Waals surface area contributed by atoms with Gasteiger partial charge in [0, 0.05) is 17.7 Å². The third-order valence-corrected chi connectivity index (χ3v) is 4.10. The number of rotatable bonds is 4. The van der Waals surface area contributed by atoms with E-state index in [2.05, 4.69) is 10.5 Å². The summed E-state index contributed by atoms with van der Waals surface area (Å²) in [5, 5.41) is 6.73. The monoisotopic (exact) mass is 314 g/mol. The van der Waals surface area contributed by atoms with Crippen molar-refractivity contribution in [3.63, 3.8) is 0 Å². The molecule has 1 fully saturated rings. The van der Waals surface area contributed by atoms with Gasteiger partial charge < -0.3 is 14.6 Å². The predicted molar refractivity (Wildman–Crippen MR) is 82.6 cm³/mol. The fourth-order valence-corrected chi connectivity index (χ4v) is 2.87. The molecule has 1 amide bonds. The van der Waals surface area contributed by atoms with Gasteiger partial charge in [0.25, 0.3) is 5.91 Å². The van der Waals surface area contributed by atoms with Crippen molar-refractivity contribution >= 4 is 11.9 Å². The predicted octanol–water partition coefficient (Wildman–Crippen LogP) is 2.41. The Morgan fingerprint density at radius 1 is 1.26 bits per heavy atom. The molecular weight excluding hydrogens is 296 g/mol. The molecule has 2 aromatic rings. The molecule has 2 unspecified atom stereocenters. The summed E-state index contributed by atoms with van der Waals surface area (Å²) in [5.74, 6) is -0.0851. The number of carbonyl (C=O) groups is 2. The Morgan fingerprint density at radius 3 is 2.78 bits per heavy atom. The number of nitrogens with zero attached hydrogens (tertiary/aromatic N) is 1. The van der Waals surface area contributed by atoms with Crippen LogP contribution in [0.15, 0.2) is 40.9 Å². The van der Waals surface area contributed by atoms with Gasteiger partial charge in [-0.05, 0) is 19.3 Å². The first-order chi connectivity index (χ1) is 11.2. The number of hydrogen-bond donors (Lipinski definition) is 1. The lowest BCUT2D eigenvalue weighted by Crippen LogP contribution is -2.33. The van der Waals surface area contributed by atoms with E-state index >= 15 is 0 Å². The lowest BCUT2D eigenvalue weighted by atomic mass is 10.1. The maximum absolute atomic E-state index is 12.2. The minimum Gasteiger partial charge on any atom is -0.469 e. The van der Waals surface area contributed by atoms with Gasteiger partial charge in [0.1, 0.15) is 0 Å².